The summed E-state index contributed by atoms with van der Waals surface area (Å²) in [6, 6.07) is 8.29. The number of benzene rings is 1. The molecule has 3 nitrogen and oxygen atoms in total. The standard InChI is InChI=1S/C15H20N2O/c1-15(11-16(2)8-9-17(15)3)13-10-18-14-7-5-4-6-12(13)14/h4-7,10H,8-9,11H2,1-3H3. The van der Waals surface area contributed by atoms with E-state index in [0.29, 0.717) is 0 Å². The van der Waals surface area contributed by atoms with E-state index in [0.717, 1.165) is 25.2 Å². The number of fused-ring (bicyclic) bond motifs is 1. The highest BCUT2D eigenvalue weighted by Gasteiger charge is 2.38. The lowest BCUT2D eigenvalue weighted by Gasteiger charge is -2.46. The van der Waals surface area contributed by atoms with E-state index in [4.69, 9.17) is 4.42 Å². The molecule has 0 radical (unpaired) electrons. The van der Waals surface area contributed by atoms with E-state index in [1.165, 1.54) is 10.9 Å². The smallest absolute Gasteiger partial charge is 0.134 e. The summed E-state index contributed by atoms with van der Waals surface area (Å²) in [6.45, 7) is 5.56. The molecule has 1 atom stereocenters. The molecule has 0 N–H and O–H groups in total. The Bertz CT molecular complexity index is 562. The van der Waals surface area contributed by atoms with Crippen molar-refractivity contribution in [3.05, 3.63) is 36.1 Å². The fourth-order valence-corrected chi connectivity index (χ4v) is 2.98. The molecule has 1 aliphatic rings. The highest BCUT2D eigenvalue weighted by molar-refractivity contribution is 5.82. The maximum absolute atomic E-state index is 5.71. The molecule has 1 unspecified atom stereocenters. The summed E-state index contributed by atoms with van der Waals surface area (Å²) in [7, 11) is 4.39. The Labute approximate surface area is 108 Å². The Balaban J connectivity index is 2.12. The van der Waals surface area contributed by atoms with Gasteiger partial charge in [0.2, 0.25) is 0 Å². The van der Waals surface area contributed by atoms with Gasteiger partial charge in [0, 0.05) is 30.6 Å². The molecule has 1 aromatic carbocycles. The van der Waals surface area contributed by atoms with E-state index in [9.17, 15) is 0 Å². The monoisotopic (exact) mass is 244 g/mol. The second-order valence-electron chi connectivity index (χ2n) is 5.58. The van der Waals surface area contributed by atoms with Crippen molar-refractivity contribution in [2.24, 2.45) is 0 Å². The summed E-state index contributed by atoms with van der Waals surface area (Å²) in [5.74, 6) is 0. The molecular formula is C15H20N2O. The van der Waals surface area contributed by atoms with Crippen molar-refractivity contribution < 1.29 is 4.42 Å². The molecule has 1 fully saturated rings. The van der Waals surface area contributed by atoms with Gasteiger partial charge in [-0.2, -0.15) is 0 Å². The average molecular weight is 244 g/mol. The first-order chi connectivity index (χ1) is 8.61. The van der Waals surface area contributed by atoms with E-state index in [2.05, 4.69) is 43.0 Å². The van der Waals surface area contributed by atoms with Crippen molar-refractivity contribution in [3.8, 4) is 0 Å². The molecule has 18 heavy (non-hydrogen) atoms. The SMILES string of the molecule is CN1CCN(C)C(C)(c2coc3ccccc23)C1. The molecular weight excluding hydrogens is 224 g/mol. The predicted molar refractivity (Wildman–Crippen MR) is 73.7 cm³/mol. The lowest BCUT2D eigenvalue weighted by atomic mass is 9.88. The highest BCUT2D eigenvalue weighted by atomic mass is 16.3. The van der Waals surface area contributed by atoms with Gasteiger partial charge in [0.25, 0.3) is 0 Å². The van der Waals surface area contributed by atoms with E-state index in [-0.39, 0.29) is 5.54 Å². The summed E-state index contributed by atoms with van der Waals surface area (Å²) in [5.41, 5.74) is 2.31. The Kier molecular flexibility index (Phi) is 2.68. The molecule has 0 aliphatic carbocycles. The third kappa shape index (κ3) is 1.66. The van der Waals surface area contributed by atoms with Crippen molar-refractivity contribution >= 4 is 11.0 Å². The lowest BCUT2D eigenvalue weighted by molar-refractivity contribution is 0.0384. The molecule has 96 valence electrons. The summed E-state index contributed by atoms with van der Waals surface area (Å²) >= 11 is 0. The van der Waals surface area contributed by atoms with Crippen LogP contribution < -0.4 is 0 Å². The van der Waals surface area contributed by atoms with Gasteiger partial charge in [0.1, 0.15) is 5.58 Å². The highest BCUT2D eigenvalue weighted by Crippen LogP contribution is 2.36. The van der Waals surface area contributed by atoms with Gasteiger partial charge in [-0.1, -0.05) is 18.2 Å². The third-order valence-electron chi connectivity index (χ3n) is 4.30. The Morgan fingerprint density at radius 3 is 2.78 bits per heavy atom. The van der Waals surface area contributed by atoms with Crippen molar-refractivity contribution in [2.45, 2.75) is 12.5 Å². The summed E-state index contributed by atoms with van der Waals surface area (Å²) in [5, 5.41) is 1.24. The first-order valence-electron chi connectivity index (χ1n) is 6.48. The van der Waals surface area contributed by atoms with Gasteiger partial charge < -0.3 is 9.32 Å². The average Bonchev–Trinajstić information content (AvgIpc) is 2.78. The van der Waals surface area contributed by atoms with Gasteiger partial charge in [-0.3, -0.25) is 4.90 Å². The van der Waals surface area contributed by atoms with Crippen LogP contribution in [0.25, 0.3) is 11.0 Å². The summed E-state index contributed by atoms with van der Waals surface area (Å²) in [4.78, 5) is 4.83. The molecule has 1 aliphatic heterocycles. The summed E-state index contributed by atoms with van der Waals surface area (Å²) in [6.07, 6.45) is 1.93. The molecule has 1 saturated heterocycles. The second kappa shape index (κ2) is 4.11. The number of hydrogen-bond donors (Lipinski definition) is 0. The minimum Gasteiger partial charge on any atom is -0.464 e. The molecule has 3 heteroatoms. The van der Waals surface area contributed by atoms with E-state index < -0.39 is 0 Å². The number of piperazine rings is 1. The number of nitrogens with zero attached hydrogens (tertiary/aromatic N) is 2. The molecule has 3 rings (SSSR count). The van der Waals surface area contributed by atoms with Gasteiger partial charge in [-0.05, 0) is 27.1 Å². The van der Waals surface area contributed by atoms with Crippen LogP contribution >= 0.6 is 0 Å². The molecule has 2 heterocycles. The Morgan fingerprint density at radius 1 is 1.17 bits per heavy atom. The molecule has 0 amide bonds. The van der Waals surface area contributed by atoms with Crippen molar-refractivity contribution in [1.29, 1.82) is 0 Å². The van der Waals surface area contributed by atoms with Gasteiger partial charge in [0.15, 0.2) is 0 Å². The van der Waals surface area contributed by atoms with Crippen LogP contribution in [0.3, 0.4) is 0 Å². The normalized spacial score (nSPS) is 26.8. The summed E-state index contributed by atoms with van der Waals surface area (Å²) < 4.78 is 5.71. The number of furan rings is 1. The quantitative estimate of drug-likeness (QED) is 0.768. The Morgan fingerprint density at radius 2 is 1.94 bits per heavy atom. The van der Waals surface area contributed by atoms with Crippen LogP contribution in [0.2, 0.25) is 0 Å². The van der Waals surface area contributed by atoms with Crippen molar-refractivity contribution in [2.75, 3.05) is 33.7 Å². The van der Waals surface area contributed by atoms with Crippen molar-refractivity contribution in [1.82, 2.24) is 9.80 Å². The zero-order valence-corrected chi connectivity index (χ0v) is 11.3. The Hall–Kier alpha value is -1.32. The number of hydrogen-bond acceptors (Lipinski definition) is 3. The topological polar surface area (TPSA) is 19.6 Å². The molecule has 0 saturated carbocycles. The van der Waals surface area contributed by atoms with Crippen molar-refractivity contribution in [3.63, 3.8) is 0 Å². The fraction of sp³-hybridized carbons (Fsp3) is 0.467. The maximum Gasteiger partial charge on any atom is 0.134 e. The van der Waals surface area contributed by atoms with E-state index >= 15 is 0 Å². The van der Waals surface area contributed by atoms with Crippen LogP contribution in [0.15, 0.2) is 34.9 Å². The third-order valence-corrected chi connectivity index (χ3v) is 4.30. The molecule has 0 spiro atoms. The molecule has 2 aromatic rings. The van der Waals surface area contributed by atoms with Crippen LogP contribution in [-0.4, -0.2) is 43.5 Å². The minimum absolute atomic E-state index is 0.0274. The first-order valence-corrected chi connectivity index (χ1v) is 6.48. The first kappa shape index (κ1) is 11.8. The van der Waals surface area contributed by atoms with Gasteiger partial charge in [-0.25, -0.2) is 0 Å². The maximum atomic E-state index is 5.71. The lowest BCUT2D eigenvalue weighted by Crippen LogP contribution is -2.56. The number of para-hydroxylation sites is 1. The second-order valence-corrected chi connectivity index (χ2v) is 5.58. The zero-order chi connectivity index (χ0) is 12.8. The van der Waals surface area contributed by atoms with Crippen LogP contribution in [0.4, 0.5) is 0 Å². The van der Waals surface area contributed by atoms with Gasteiger partial charge >= 0.3 is 0 Å². The minimum atomic E-state index is 0.0274. The molecule has 1 aromatic heterocycles. The van der Waals surface area contributed by atoms with Crippen LogP contribution in [-0.2, 0) is 5.54 Å². The van der Waals surface area contributed by atoms with Gasteiger partial charge in [0.05, 0.1) is 11.8 Å². The zero-order valence-electron chi connectivity index (χ0n) is 11.3. The van der Waals surface area contributed by atoms with Crippen LogP contribution in [0, 0.1) is 0 Å². The molecule has 0 bridgehead atoms. The van der Waals surface area contributed by atoms with E-state index in [1.54, 1.807) is 0 Å². The predicted octanol–water partition coefficient (Wildman–Crippen LogP) is 2.53. The number of rotatable bonds is 1. The van der Waals surface area contributed by atoms with Crippen LogP contribution in [0.1, 0.15) is 12.5 Å². The fourth-order valence-electron chi connectivity index (χ4n) is 2.98. The van der Waals surface area contributed by atoms with Gasteiger partial charge in [-0.15, -0.1) is 0 Å². The largest absolute Gasteiger partial charge is 0.464 e. The van der Waals surface area contributed by atoms with Crippen LogP contribution in [0.5, 0.6) is 0 Å². The number of likely N-dealkylation sites (N-methyl/N-ethyl adjacent to an activating group) is 2. The van der Waals surface area contributed by atoms with E-state index in [1.807, 2.05) is 18.4 Å².